The molecule has 1 aliphatic heterocycles. The van der Waals surface area contributed by atoms with Crippen LogP contribution in [-0.4, -0.2) is 42.4 Å². The minimum absolute atomic E-state index is 0.0779. The molecule has 2 amide bonds. The monoisotopic (exact) mass is 366 g/mol. The maximum absolute atomic E-state index is 12.7. The fourth-order valence-corrected chi connectivity index (χ4v) is 3.05. The summed E-state index contributed by atoms with van der Waals surface area (Å²) in [6.07, 6.45) is 0.330. The van der Waals surface area contributed by atoms with Crippen molar-refractivity contribution in [1.29, 1.82) is 0 Å². The summed E-state index contributed by atoms with van der Waals surface area (Å²) in [5.41, 5.74) is 1.50. The van der Waals surface area contributed by atoms with Gasteiger partial charge in [0.2, 0.25) is 0 Å². The summed E-state index contributed by atoms with van der Waals surface area (Å²) in [5.74, 6) is -0.911. The van der Waals surface area contributed by atoms with Crippen molar-refractivity contribution in [2.75, 3.05) is 14.1 Å². The van der Waals surface area contributed by atoms with Crippen molar-refractivity contribution in [2.45, 2.75) is 25.5 Å². The second-order valence-electron chi connectivity index (χ2n) is 7.03. The van der Waals surface area contributed by atoms with Crippen molar-refractivity contribution >= 4 is 17.8 Å². The molecule has 0 aromatic heterocycles. The van der Waals surface area contributed by atoms with Crippen LogP contribution in [0.4, 0.5) is 0 Å². The van der Waals surface area contributed by atoms with Crippen molar-refractivity contribution < 1.29 is 19.1 Å². The zero-order valence-electron chi connectivity index (χ0n) is 15.6. The summed E-state index contributed by atoms with van der Waals surface area (Å²) in [7, 11) is 3.39. The van der Waals surface area contributed by atoms with E-state index in [1.165, 1.54) is 4.90 Å². The van der Waals surface area contributed by atoms with Gasteiger partial charge in [0.1, 0.15) is 0 Å². The molecule has 0 saturated carbocycles. The van der Waals surface area contributed by atoms with Gasteiger partial charge in [-0.05, 0) is 36.2 Å². The van der Waals surface area contributed by atoms with E-state index in [4.69, 9.17) is 4.74 Å². The average Bonchev–Trinajstić information content (AvgIpc) is 2.65. The van der Waals surface area contributed by atoms with Crippen LogP contribution in [-0.2, 0) is 22.5 Å². The van der Waals surface area contributed by atoms with Crippen LogP contribution in [0.3, 0.4) is 0 Å². The Hall–Kier alpha value is -3.15. The zero-order chi connectivity index (χ0) is 19.6. The molecule has 0 radical (unpaired) electrons. The zero-order valence-corrected chi connectivity index (χ0v) is 15.6. The number of nitrogens with one attached hydrogen (secondary N) is 1. The maximum atomic E-state index is 12.7. The molecule has 1 atom stereocenters. The summed E-state index contributed by atoms with van der Waals surface area (Å²) in [6, 6.07) is 14.2. The molecular formula is C21H22N2O4. The standard InChI is InChI=1S/C21H22N2O4/c1-21(12-16-6-4-5-7-17(16)19(25)27-21)20(26)22-13-14-8-10-15(11-9-14)18(24)23(2)3/h4-11H,12-13H2,1-3H3,(H,22,26). The Morgan fingerprint density at radius 3 is 2.44 bits per heavy atom. The molecule has 0 bridgehead atoms. The molecule has 0 fully saturated rings. The first-order chi connectivity index (χ1) is 12.8. The number of carbonyl (C=O) groups is 3. The Bertz CT molecular complexity index is 889. The lowest BCUT2D eigenvalue weighted by Crippen LogP contribution is -2.51. The van der Waals surface area contributed by atoms with Gasteiger partial charge in [-0.15, -0.1) is 0 Å². The number of carbonyl (C=O) groups excluding carboxylic acids is 3. The molecule has 1 heterocycles. The van der Waals surface area contributed by atoms with Gasteiger partial charge in [0.15, 0.2) is 5.60 Å². The smallest absolute Gasteiger partial charge is 0.339 e. The lowest BCUT2D eigenvalue weighted by Gasteiger charge is -2.33. The van der Waals surface area contributed by atoms with Crippen molar-refractivity contribution in [1.82, 2.24) is 10.2 Å². The first-order valence-corrected chi connectivity index (χ1v) is 8.70. The van der Waals surface area contributed by atoms with Crippen LogP contribution in [0.15, 0.2) is 48.5 Å². The molecular weight excluding hydrogens is 344 g/mol. The van der Waals surface area contributed by atoms with Gasteiger partial charge in [0.25, 0.3) is 11.8 Å². The molecule has 6 heteroatoms. The quantitative estimate of drug-likeness (QED) is 0.842. The third-order valence-electron chi connectivity index (χ3n) is 4.62. The first kappa shape index (κ1) is 18.6. The molecule has 1 unspecified atom stereocenters. The number of nitrogens with zero attached hydrogens (tertiary/aromatic N) is 1. The van der Waals surface area contributed by atoms with Crippen molar-refractivity contribution in [3.8, 4) is 0 Å². The number of benzene rings is 2. The molecule has 27 heavy (non-hydrogen) atoms. The second-order valence-corrected chi connectivity index (χ2v) is 7.03. The predicted molar refractivity (Wildman–Crippen MR) is 100 cm³/mol. The highest BCUT2D eigenvalue weighted by atomic mass is 16.6. The van der Waals surface area contributed by atoms with Crippen LogP contribution < -0.4 is 5.32 Å². The SMILES string of the molecule is CN(C)C(=O)c1ccc(CNC(=O)C2(C)Cc3ccccc3C(=O)O2)cc1. The lowest BCUT2D eigenvalue weighted by atomic mass is 9.89. The molecule has 0 aliphatic carbocycles. The normalized spacial score (nSPS) is 18.3. The van der Waals surface area contributed by atoms with Gasteiger partial charge >= 0.3 is 5.97 Å². The fourth-order valence-electron chi connectivity index (χ4n) is 3.05. The van der Waals surface area contributed by atoms with Gasteiger partial charge in [-0.1, -0.05) is 30.3 Å². The van der Waals surface area contributed by atoms with Crippen molar-refractivity contribution in [3.63, 3.8) is 0 Å². The lowest BCUT2D eigenvalue weighted by molar-refractivity contribution is -0.139. The fraction of sp³-hybridized carbons (Fsp3) is 0.286. The molecule has 2 aromatic carbocycles. The highest BCUT2D eigenvalue weighted by molar-refractivity contribution is 5.97. The number of rotatable bonds is 4. The molecule has 140 valence electrons. The van der Waals surface area contributed by atoms with Crippen LogP contribution >= 0.6 is 0 Å². The summed E-state index contributed by atoms with van der Waals surface area (Å²) in [6.45, 7) is 1.90. The van der Waals surface area contributed by atoms with Gasteiger partial charge in [-0.3, -0.25) is 9.59 Å². The Morgan fingerprint density at radius 1 is 1.11 bits per heavy atom. The molecule has 0 spiro atoms. The summed E-state index contributed by atoms with van der Waals surface area (Å²) in [5, 5.41) is 2.82. The topological polar surface area (TPSA) is 75.7 Å². The van der Waals surface area contributed by atoms with E-state index in [1.807, 2.05) is 12.1 Å². The summed E-state index contributed by atoms with van der Waals surface area (Å²) < 4.78 is 5.43. The average molecular weight is 366 g/mol. The number of fused-ring (bicyclic) bond motifs is 1. The van der Waals surface area contributed by atoms with E-state index in [-0.39, 0.29) is 18.4 Å². The van der Waals surface area contributed by atoms with E-state index in [0.717, 1.165) is 11.1 Å². The number of amides is 2. The van der Waals surface area contributed by atoms with Crippen LogP contribution in [0, 0.1) is 0 Å². The Kier molecular flexibility index (Phi) is 4.99. The van der Waals surface area contributed by atoms with Crippen LogP contribution in [0.5, 0.6) is 0 Å². The van der Waals surface area contributed by atoms with E-state index < -0.39 is 11.6 Å². The third-order valence-corrected chi connectivity index (χ3v) is 4.62. The number of hydrogen-bond acceptors (Lipinski definition) is 4. The summed E-state index contributed by atoms with van der Waals surface area (Å²) >= 11 is 0. The van der Waals surface area contributed by atoms with E-state index in [2.05, 4.69) is 5.32 Å². The second kappa shape index (κ2) is 7.23. The molecule has 2 aromatic rings. The minimum atomic E-state index is -1.24. The Morgan fingerprint density at radius 2 is 1.78 bits per heavy atom. The Balaban J connectivity index is 1.66. The predicted octanol–water partition coefficient (Wildman–Crippen LogP) is 2.18. The summed E-state index contributed by atoms with van der Waals surface area (Å²) in [4.78, 5) is 38.3. The number of ether oxygens (including phenoxy) is 1. The van der Waals surface area contributed by atoms with Gasteiger partial charge in [0.05, 0.1) is 5.56 Å². The molecule has 0 saturated heterocycles. The first-order valence-electron chi connectivity index (χ1n) is 8.70. The highest BCUT2D eigenvalue weighted by Gasteiger charge is 2.42. The number of esters is 1. The van der Waals surface area contributed by atoms with Gasteiger partial charge in [-0.25, -0.2) is 4.79 Å². The van der Waals surface area contributed by atoms with E-state index in [0.29, 0.717) is 17.5 Å². The van der Waals surface area contributed by atoms with Gasteiger partial charge in [0, 0.05) is 32.6 Å². The van der Waals surface area contributed by atoms with E-state index >= 15 is 0 Å². The van der Waals surface area contributed by atoms with Crippen LogP contribution in [0.2, 0.25) is 0 Å². The van der Waals surface area contributed by atoms with E-state index in [1.54, 1.807) is 57.4 Å². The molecule has 1 aliphatic rings. The number of hydrogen-bond donors (Lipinski definition) is 1. The van der Waals surface area contributed by atoms with E-state index in [9.17, 15) is 14.4 Å². The largest absolute Gasteiger partial charge is 0.445 e. The van der Waals surface area contributed by atoms with Gasteiger partial charge < -0.3 is 15.0 Å². The molecule has 3 rings (SSSR count). The van der Waals surface area contributed by atoms with Crippen LogP contribution in [0.25, 0.3) is 0 Å². The maximum Gasteiger partial charge on any atom is 0.339 e. The van der Waals surface area contributed by atoms with Gasteiger partial charge in [-0.2, -0.15) is 0 Å². The van der Waals surface area contributed by atoms with Crippen molar-refractivity contribution in [3.05, 3.63) is 70.8 Å². The Labute approximate surface area is 158 Å². The van der Waals surface area contributed by atoms with Crippen LogP contribution in [0.1, 0.15) is 38.8 Å². The highest BCUT2D eigenvalue weighted by Crippen LogP contribution is 2.28. The minimum Gasteiger partial charge on any atom is -0.445 e. The number of cyclic esters (lactones) is 1. The molecule has 1 N–H and O–H groups in total. The third kappa shape index (κ3) is 3.84. The van der Waals surface area contributed by atoms with Crippen molar-refractivity contribution in [2.24, 2.45) is 0 Å². The molecule has 6 nitrogen and oxygen atoms in total.